The molecule has 0 aromatic rings. The summed E-state index contributed by atoms with van der Waals surface area (Å²) in [6.45, 7) is 1.55. The first-order valence-electron chi connectivity index (χ1n) is 7.28. The van der Waals surface area contributed by atoms with Crippen LogP contribution in [-0.4, -0.2) is 48.1 Å². The highest BCUT2D eigenvalue weighted by molar-refractivity contribution is 5.80. The van der Waals surface area contributed by atoms with Crippen LogP contribution in [0.5, 0.6) is 0 Å². The van der Waals surface area contributed by atoms with E-state index in [1.54, 1.807) is 0 Å². The van der Waals surface area contributed by atoms with Gasteiger partial charge in [0.2, 0.25) is 5.91 Å². The molecule has 2 aliphatic carbocycles. The molecule has 2 aliphatic rings. The molecule has 108 valence electrons. The van der Waals surface area contributed by atoms with E-state index in [4.69, 9.17) is 5.11 Å². The Morgan fingerprint density at radius 2 is 1.89 bits per heavy atom. The molecule has 0 radical (unpaired) electrons. The minimum Gasteiger partial charge on any atom is -0.481 e. The van der Waals surface area contributed by atoms with E-state index in [1.807, 2.05) is 0 Å². The van der Waals surface area contributed by atoms with Crippen molar-refractivity contribution in [3.05, 3.63) is 0 Å². The summed E-state index contributed by atoms with van der Waals surface area (Å²) in [4.78, 5) is 25.3. The van der Waals surface area contributed by atoms with Crippen molar-refractivity contribution in [3.63, 3.8) is 0 Å². The van der Waals surface area contributed by atoms with Crippen LogP contribution in [-0.2, 0) is 9.59 Å². The second kappa shape index (κ2) is 6.37. The number of carboxylic acids is 1. The monoisotopic (exact) mass is 268 g/mol. The summed E-state index contributed by atoms with van der Waals surface area (Å²) in [5.41, 5.74) is 0. The number of hydrogen-bond acceptors (Lipinski definition) is 3. The average molecular weight is 268 g/mol. The van der Waals surface area contributed by atoms with Crippen LogP contribution in [0.25, 0.3) is 0 Å². The molecule has 0 aromatic carbocycles. The van der Waals surface area contributed by atoms with Gasteiger partial charge in [-0.25, -0.2) is 0 Å². The molecule has 2 unspecified atom stereocenters. The smallest absolute Gasteiger partial charge is 0.306 e. The number of likely N-dealkylation sites (N-methyl/N-ethyl adjacent to an activating group) is 1. The highest BCUT2D eigenvalue weighted by Crippen LogP contribution is 2.29. The third-order valence-corrected chi connectivity index (χ3v) is 4.33. The maximum Gasteiger partial charge on any atom is 0.306 e. The topological polar surface area (TPSA) is 69.6 Å². The highest BCUT2D eigenvalue weighted by Gasteiger charge is 2.31. The molecule has 2 rings (SSSR count). The third-order valence-electron chi connectivity index (χ3n) is 4.33. The summed E-state index contributed by atoms with van der Waals surface area (Å²) in [6, 6.07) is 0.711. The van der Waals surface area contributed by atoms with Gasteiger partial charge in [-0.2, -0.15) is 0 Å². The van der Waals surface area contributed by atoms with E-state index in [9.17, 15) is 9.59 Å². The molecule has 0 saturated heterocycles. The summed E-state index contributed by atoms with van der Waals surface area (Å²) in [5.74, 6) is -1.17. The van der Waals surface area contributed by atoms with Crippen molar-refractivity contribution >= 4 is 11.9 Å². The van der Waals surface area contributed by atoms with Gasteiger partial charge < -0.3 is 15.3 Å². The molecule has 5 nitrogen and oxygen atoms in total. The lowest BCUT2D eigenvalue weighted by atomic mass is 9.81. The minimum atomic E-state index is -0.758. The second-order valence-electron chi connectivity index (χ2n) is 5.90. The van der Waals surface area contributed by atoms with Crippen molar-refractivity contribution < 1.29 is 14.7 Å². The lowest BCUT2D eigenvalue weighted by Gasteiger charge is -2.26. The van der Waals surface area contributed by atoms with E-state index in [0.717, 1.165) is 19.4 Å². The van der Waals surface area contributed by atoms with Crippen LogP contribution in [0.1, 0.15) is 38.5 Å². The van der Waals surface area contributed by atoms with Crippen LogP contribution in [0, 0.1) is 11.8 Å². The highest BCUT2D eigenvalue weighted by atomic mass is 16.4. The lowest BCUT2D eigenvalue weighted by Crippen LogP contribution is -2.39. The first kappa shape index (κ1) is 14.3. The molecule has 0 heterocycles. The van der Waals surface area contributed by atoms with Crippen molar-refractivity contribution in [2.24, 2.45) is 11.8 Å². The molecular weight excluding hydrogens is 244 g/mol. The Balaban J connectivity index is 1.68. The predicted molar refractivity (Wildman–Crippen MR) is 71.7 cm³/mol. The van der Waals surface area contributed by atoms with Crippen molar-refractivity contribution in [3.8, 4) is 0 Å². The number of carbonyl (C=O) groups excluding carboxylic acids is 1. The molecule has 0 aliphatic heterocycles. The number of amides is 1. The van der Waals surface area contributed by atoms with Crippen molar-refractivity contribution in [2.75, 3.05) is 20.1 Å². The Kier molecular flexibility index (Phi) is 4.80. The van der Waals surface area contributed by atoms with Gasteiger partial charge in [-0.1, -0.05) is 6.42 Å². The Morgan fingerprint density at radius 1 is 1.21 bits per heavy atom. The number of nitrogens with one attached hydrogen (secondary N) is 1. The molecule has 2 atom stereocenters. The van der Waals surface area contributed by atoms with Crippen LogP contribution in [0.2, 0.25) is 0 Å². The summed E-state index contributed by atoms with van der Waals surface area (Å²) in [6.07, 6.45) is 5.43. The fourth-order valence-corrected chi connectivity index (χ4v) is 2.85. The molecule has 2 fully saturated rings. The zero-order valence-electron chi connectivity index (χ0n) is 11.6. The van der Waals surface area contributed by atoms with E-state index in [1.165, 1.54) is 12.8 Å². The first-order valence-corrected chi connectivity index (χ1v) is 7.28. The standard InChI is InChI=1S/C14H24N2O3/c1-16(12-5-6-12)8-7-15-13(17)10-3-2-4-11(9-10)14(18)19/h10-12H,2-9H2,1H3,(H,15,17)(H,18,19). The molecule has 1 amide bonds. The summed E-state index contributed by atoms with van der Waals surface area (Å²) in [5, 5.41) is 12.0. The molecule has 0 spiro atoms. The van der Waals surface area contributed by atoms with Crippen molar-refractivity contribution in [1.82, 2.24) is 10.2 Å². The van der Waals surface area contributed by atoms with Crippen molar-refractivity contribution in [2.45, 2.75) is 44.6 Å². The number of hydrogen-bond donors (Lipinski definition) is 2. The van der Waals surface area contributed by atoms with Gasteiger partial charge in [-0.05, 0) is 39.2 Å². The lowest BCUT2D eigenvalue weighted by molar-refractivity contribution is -0.144. The van der Waals surface area contributed by atoms with Gasteiger partial charge in [0.05, 0.1) is 5.92 Å². The maximum atomic E-state index is 12.0. The summed E-state index contributed by atoms with van der Waals surface area (Å²) < 4.78 is 0. The van der Waals surface area contributed by atoms with E-state index >= 15 is 0 Å². The molecule has 2 saturated carbocycles. The minimum absolute atomic E-state index is 0.0372. The number of carbonyl (C=O) groups is 2. The fraction of sp³-hybridized carbons (Fsp3) is 0.857. The van der Waals surface area contributed by atoms with Gasteiger partial charge in [0.25, 0.3) is 0 Å². The van der Waals surface area contributed by atoms with E-state index < -0.39 is 5.97 Å². The Bertz CT molecular complexity index is 342. The fourth-order valence-electron chi connectivity index (χ4n) is 2.85. The van der Waals surface area contributed by atoms with Crippen molar-refractivity contribution in [1.29, 1.82) is 0 Å². The average Bonchev–Trinajstić information content (AvgIpc) is 3.23. The van der Waals surface area contributed by atoms with Gasteiger partial charge >= 0.3 is 5.97 Å². The van der Waals surface area contributed by atoms with Crippen LogP contribution in [0.3, 0.4) is 0 Å². The van der Waals surface area contributed by atoms with E-state index in [2.05, 4.69) is 17.3 Å². The predicted octanol–water partition coefficient (Wildman–Crippen LogP) is 1.09. The Morgan fingerprint density at radius 3 is 2.53 bits per heavy atom. The van der Waals surface area contributed by atoms with Crippen LogP contribution < -0.4 is 5.32 Å². The first-order chi connectivity index (χ1) is 9.08. The number of carboxylic acid groups (broad SMARTS) is 1. The number of nitrogens with zero attached hydrogens (tertiary/aromatic N) is 1. The molecule has 0 aromatic heterocycles. The van der Waals surface area contributed by atoms with Crippen LogP contribution in [0.4, 0.5) is 0 Å². The quantitative estimate of drug-likeness (QED) is 0.756. The maximum absolute atomic E-state index is 12.0. The SMILES string of the molecule is CN(CCNC(=O)C1CCCC(C(=O)O)C1)C1CC1. The van der Waals surface area contributed by atoms with Gasteiger partial charge in [0.1, 0.15) is 0 Å². The molecular formula is C14H24N2O3. The Labute approximate surface area is 114 Å². The normalized spacial score (nSPS) is 27.3. The Hall–Kier alpha value is -1.10. The summed E-state index contributed by atoms with van der Waals surface area (Å²) >= 11 is 0. The van der Waals surface area contributed by atoms with E-state index in [-0.39, 0.29) is 17.7 Å². The molecule has 0 bridgehead atoms. The van der Waals surface area contributed by atoms with Gasteiger partial charge in [-0.15, -0.1) is 0 Å². The third kappa shape index (κ3) is 4.20. The zero-order valence-corrected chi connectivity index (χ0v) is 11.6. The zero-order chi connectivity index (χ0) is 13.8. The largest absolute Gasteiger partial charge is 0.481 e. The number of rotatable bonds is 6. The van der Waals surface area contributed by atoms with Gasteiger partial charge in [-0.3, -0.25) is 9.59 Å². The van der Waals surface area contributed by atoms with Crippen LogP contribution >= 0.6 is 0 Å². The summed E-state index contributed by atoms with van der Waals surface area (Å²) in [7, 11) is 2.09. The molecule has 5 heteroatoms. The number of aliphatic carboxylic acids is 1. The van der Waals surface area contributed by atoms with E-state index in [0.29, 0.717) is 25.4 Å². The molecule has 2 N–H and O–H groups in total. The second-order valence-corrected chi connectivity index (χ2v) is 5.90. The van der Waals surface area contributed by atoms with Crippen LogP contribution in [0.15, 0.2) is 0 Å². The van der Waals surface area contributed by atoms with Gasteiger partial charge in [0.15, 0.2) is 0 Å². The van der Waals surface area contributed by atoms with Gasteiger partial charge in [0, 0.05) is 25.0 Å². The molecule has 19 heavy (non-hydrogen) atoms.